The Labute approximate surface area is 179 Å². The first-order valence-corrected chi connectivity index (χ1v) is 11.5. The third-order valence-electron chi connectivity index (χ3n) is 6.46. The van der Waals surface area contributed by atoms with E-state index >= 15 is 0 Å². The smallest absolute Gasteiger partial charge is 0.110 e. The molecule has 3 heteroatoms. The topological polar surface area (TPSA) is 21.1 Å². The fourth-order valence-electron chi connectivity index (χ4n) is 4.83. The number of benzene rings is 3. The molecule has 5 rings (SSSR count). The van der Waals surface area contributed by atoms with Gasteiger partial charge in [-0.1, -0.05) is 61.4 Å². The molecule has 1 fully saturated rings. The zero-order valence-corrected chi connectivity index (χ0v) is 17.8. The third kappa shape index (κ3) is 4.27. The van der Waals surface area contributed by atoms with Gasteiger partial charge in [-0.3, -0.25) is 0 Å². The molecule has 0 unspecified atom stereocenters. The van der Waals surface area contributed by atoms with Gasteiger partial charge in [0.1, 0.15) is 5.82 Å². The second-order valence-corrected chi connectivity index (χ2v) is 8.64. The molecule has 154 valence electrons. The highest BCUT2D eigenvalue weighted by Crippen LogP contribution is 2.22. The van der Waals surface area contributed by atoms with E-state index in [0.717, 1.165) is 18.5 Å². The van der Waals surface area contributed by atoms with Crippen LogP contribution in [0.15, 0.2) is 66.7 Å². The Kier molecular flexibility index (Phi) is 5.80. The van der Waals surface area contributed by atoms with Crippen LogP contribution in [0.5, 0.6) is 0 Å². The minimum atomic E-state index is 0.879. The highest BCUT2D eigenvalue weighted by Gasteiger charge is 2.13. The second kappa shape index (κ2) is 9.01. The van der Waals surface area contributed by atoms with Crippen molar-refractivity contribution in [1.82, 2.24) is 14.5 Å². The molecule has 0 amide bonds. The van der Waals surface area contributed by atoms with E-state index in [2.05, 4.69) is 76.2 Å². The van der Waals surface area contributed by atoms with Crippen molar-refractivity contribution in [2.24, 2.45) is 0 Å². The zero-order valence-electron chi connectivity index (χ0n) is 17.8. The molecular formula is C27H31N3. The van der Waals surface area contributed by atoms with E-state index in [9.17, 15) is 0 Å². The van der Waals surface area contributed by atoms with Crippen molar-refractivity contribution in [3.63, 3.8) is 0 Å². The number of aromatic nitrogens is 2. The van der Waals surface area contributed by atoms with E-state index in [0.29, 0.717) is 0 Å². The summed E-state index contributed by atoms with van der Waals surface area (Å²) in [6, 6.07) is 24.0. The number of rotatable bonds is 6. The monoisotopic (exact) mass is 397 g/mol. The lowest BCUT2D eigenvalue weighted by atomic mass is 10.1. The van der Waals surface area contributed by atoms with Gasteiger partial charge in [0.15, 0.2) is 0 Å². The maximum Gasteiger partial charge on any atom is 0.110 e. The van der Waals surface area contributed by atoms with Crippen molar-refractivity contribution in [2.75, 3.05) is 19.6 Å². The molecule has 0 saturated carbocycles. The van der Waals surface area contributed by atoms with Crippen LogP contribution in [0.4, 0.5) is 0 Å². The summed E-state index contributed by atoms with van der Waals surface area (Å²) in [6.45, 7) is 4.62. The van der Waals surface area contributed by atoms with Gasteiger partial charge in [0.25, 0.3) is 0 Å². The SMILES string of the molecule is c1ccc2cc(Cn3c(CCCN4CCCCCC4)nc4ccccc43)ccc2c1. The number of likely N-dealkylation sites (tertiary alicyclic amines) is 1. The van der Waals surface area contributed by atoms with Crippen LogP contribution >= 0.6 is 0 Å². The number of hydrogen-bond acceptors (Lipinski definition) is 2. The number of hydrogen-bond donors (Lipinski definition) is 0. The summed E-state index contributed by atoms with van der Waals surface area (Å²) in [7, 11) is 0. The van der Waals surface area contributed by atoms with Crippen LogP contribution in [0, 0.1) is 0 Å². The van der Waals surface area contributed by atoms with Crippen molar-refractivity contribution < 1.29 is 0 Å². The normalized spacial score (nSPS) is 15.6. The zero-order chi connectivity index (χ0) is 20.2. The standard InChI is InChI=1S/C27H31N3/c1-2-8-18-29(17-7-1)19-9-14-27-28-25-12-5-6-13-26(25)30(27)21-22-15-16-23-10-3-4-11-24(23)20-22/h3-6,10-13,15-16,20H,1-2,7-9,14,17-19,21H2. The fourth-order valence-corrected chi connectivity index (χ4v) is 4.83. The van der Waals surface area contributed by atoms with Gasteiger partial charge in [0, 0.05) is 13.0 Å². The van der Waals surface area contributed by atoms with E-state index in [1.807, 2.05) is 0 Å². The lowest BCUT2D eigenvalue weighted by molar-refractivity contribution is 0.280. The van der Waals surface area contributed by atoms with Crippen LogP contribution in [0.1, 0.15) is 43.5 Å². The van der Waals surface area contributed by atoms with Crippen molar-refractivity contribution >= 4 is 21.8 Å². The Balaban J connectivity index is 1.37. The molecule has 0 spiro atoms. The molecule has 0 aliphatic carbocycles. The Bertz CT molecular complexity index is 1120. The van der Waals surface area contributed by atoms with E-state index in [1.54, 1.807) is 0 Å². The number of nitrogens with zero attached hydrogens (tertiary/aromatic N) is 3. The van der Waals surface area contributed by atoms with Crippen LogP contribution in [-0.2, 0) is 13.0 Å². The van der Waals surface area contributed by atoms with Crippen molar-refractivity contribution in [1.29, 1.82) is 0 Å². The summed E-state index contributed by atoms with van der Waals surface area (Å²) < 4.78 is 2.43. The van der Waals surface area contributed by atoms with Crippen LogP contribution in [-0.4, -0.2) is 34.1 Å². The Hall–Kier alpha value is -2.65. The largest absolute Gasteiger partial charge is 0.323 e. The summed E-state index contributed by atoms with van der Waals surface area (Å²) in [5.41, 5.74) is 3.70. The molecule has 0 radical (unpaired) electrons. The number of para-hydroxylation sites is 2. The summed E-state index contributed by atoms with van der Waals surface area (Å²) in [6.07, 6.45) is 7.75. The highest BCUT2D eigenvalue weighted by molar-refractivity contribution is 5.83. The van der Waals surface area contributed by atoms with E-state index < -0.39 is 0 Å². The third-order valence-corrected chi connectivity index (χ3v) is 6.46. The first-order valence-electron chi connectivity index (χ1n) is 11.5. The summed E-state index contributed by atoms with van der Waals surface area (Å²) in [4.78, 5) is 7.67. The number of imidazole rings is 1. The number of aryl methyl sites for hydroxylation is 1. The van der Waals surface area contributed by atoms with Gasteiger partial charge in [-0.05, 0) is 73.4 Å². The molecule has 0 N–H and O–H groups in total. The van der Waals surface area contributed by atoms with E-state index in [-0.39, 0.29) is 0 Å². The Morgan fingerprint density at radius 3 is 2.40 bits per heavy atom. The molecule has 3 nitrogen and oxygen atoms in total. The summed E-state index contributed by atoms with van der Waals surface area (Å²) in [5.74, 6) is 1.22. The average Bonchev–Trinajstić information content (AvgIpc) is 2.94. The second-order valence-electron chi connectivity index (χ2n) is 8.64. The maximum atomic E-state index is 5.02. The van der Waals surface area contributed by atoms with Gasteiger partial charge in [-0.2, -0.15) is 0 Å². The molecule has 4 aromatic rings. The molecule has 1 aliphatic heterocycles. The maximum absolute atomic E-state index is 5.02. The Morgan fingerprint density at radius 2 is 1.53 bits per heavy atom. The predicted molar refractivity (Wildman–Crippen MR) is 126 cm³/mol. The molecule has 1 saturated heterocycles. The van der Waals surface area contributed by atoms with E-state index in [4.69, 9.17) is 4.98 Å². The molecule has 30 heavy (non-hydrogen) atoms. The fraction of sp³-hybridized carbons (Fsp3) is 0.370. The molecule has 1 aliphatic rings. The first kappa shape index (κ1) is 19.3. The molecular weight excluding hydrogens is 366 g/mol. The van der Waals surface area contributed by atoms with Gasteiger partial charge in [0.2, 0.25) is 0 Å². The van der Waals surface area contributed by atoms with Crippen LogP contribution in [0.25, 0.3) is 21.8 Å². The Morgan fingerprint density at radius 1 is 0.767 bits per heavy atom. The summed E-state index contributed by atoms with van der Waals surface area (Å²) >= 11 is 0. The molecule has 0 bridgehead atoms. The van der Waals surface area contributed by atoms with Gasteiger partial charge < -0.3 is 9.47 Å². The average molecular weight is 398 g/mol. The van der Waals surface area contributed by atoms with Crippen LogP contribution in [0.3, 0.4) is 0 Å². The van der Waals surface area contributed by atoms with Gasteiger partial charge in [-0.15, -0.1) is 0 Å². The molecule has 0 atom stereocenters. The van der Waals surface area contributed by atoms with Crippen molar-refractivity contribution in [3.05, 3.63) is 78.1 Å². The van der Waals surface area contributed by atoms with E-state index in [1.165, 1.54) is 79.4 Å². The lowest BCUT2D eigenvalue weighted by Gasteiger charge is -2.19. The molecule has 3 aromatic carbocycles. The quantitative estimate of drug-likeness (QED) is 0.395. The van der Waals surface area contributed by atoms with Crippen molar-refractivity contribution in [2.45, 2.75) is 45.1 Å². The minimum Gasteiger partial charge on any atom is -0.323 e. The highest BCUT2D eigenvalue weighted by atomic mass is 15.1. The number of fused-ring (bicyclic) bond motifs is 2. The van der Waals surface area contributed by atoms with Crippen LogP contribution < -0.4 is 0 Å². The minimum absolute atomic E-state index is 0.879. The van der Waals surface area contributed by atoms with Crippen molar-refractivity contribution in [3.8, 4) is 0 Å². The van der Waals surface area contributed by atoms with Gasteiger partial charge in [-0.25, -0.2) is 4.98 Å². The van der Waals surface area contributed by atoms with Gasteiger partial charge >= 0.3 is 0 Å². The molecule has 1 aromatic heterocycles. The molecule has 2 heterocycles. The first-order chi connectivity index (χ1) is 14.9. The summed E-state index contributed by atoms with van der Waals surface area (Å²) in [5, 5.41) is 2.61. The lowest BCUT2D eigenvalue weighted by Crippen LogP contribution is -2.26. The predicted octanol–water partition coefficient (Wildman–Crippen LogP) is 6.05. The van der Waals surface area contributed by atoms with Gasteiger partial charge in [0.05, 0.1) is 11.0 Å². The van der Waals surface area contributed by atoms with Crippen LogP contribution in [0.2, 0.25) is 0 Å².